The topological polar surface area (TPSA) is 58.5 Å². The van der Waals surface area contributed by atoms with Crippen molar-refractivity contribution in [2.45, 2.75) is 70.0 Å². The number of aromatic nitrogens is 3. The molecule has 44 heavy (non-hydrogen) atoms. The Balaban J connectivity index is 1.03. The number of fused-ring (bicyclic) bond motifs is 1. The summed E-state index contributed by atoms with van der Waals surface area (Å²) in [6, 6.07) is 7.88. The highest BCUT2D eigenvalue weighted by atomic mass is 19.4. The third-order valence-electron chi connectivity index (χ3n) is 10.5. The van der Waals surface area contributed by atoms with Crippen LogP contribution in [-0.2, 0) is 6.18 Å². The number of hydrogen-bond acceptors (Lipinski definition) is 6. The molecule has 0 radical (unpaired) electrons. The van der Waals surface area contributed by atoms with E-state index >= 15 is 0 Å². The minimum absolute atomic E-state index is 0.120. The zero-order valence-electron chi connectivity index (χ0n) is 26.0. The van der Waals surface area contributed by atoms with Crippen LogP contribution >= 0.6 is 0 Å². The van der Waals surface area contributed by atoms with Gasteiger partial charge in [-0.15, -0.1) is 0 Å². The summed E-state index contributed by atoms with van der Waals surface area (Å²) in [5, 5.41) is 8.92. The van der Waals surface area contributed by atoms with Crippen molar-refractivity contribution >= 4 is 22.3 Å². The molecule has 0 unspecified atom stereocenters. The molecule has 3 aliphatic rings. The number of halogens is 3. The molecule has 2 saturated heterocycles. The lowest BCUT2D eigenvalue weighted by molar-refractivity contribution is -0.141. The Labute approximate surface area is 258 Å². The zero-order chi connectivity index (χ0) is 30.9. The fourth-order valence-electron chi connectivity index (χ4n) is 7.46. The van der Waals surface area contributed by atoms with Gasteiger partial charge in [0.05, 0.1) is 35.7 Å². The van der Waals surface area contributed by atoms with Crippen molar-refractivity contribution in [3.05, 3.63) is 54.5 Å². The molecule has 1 saturated carbocycles. The van der Waals surface area contributed by atoms with Gasteiger partial charge in [-0.3, -0.25) is 4.68 Å². The number of nitrogens with zero attached hydrogens (tertiary/aromatic N) is 5. The van der Waals surface area contributed by atoms with E-state index in [0.29, 0.717) is 22.9 Å². The molecular formula is C34H45F3N6O. The van der Waals surface area contributed by atoms with Crippen LogP contribution < -0.4 is 10.1 Å². The molecule has 4 heterocycles. The summed E-state index contributed by atoms with van der Waals surface area (Å²) in [4.78, 5) is 8.86. The van der Waals surface area contributed by atoms with E-state index < -0.39 is 11.9 Å². The molecule has 1 spiro atoms. The molecule has 0 atom stereocenters. The van der Waals surface area contributed by atoms with Gasteiger partial charge in [0, 0.05) is 30.7 Å². The van der Waals surface area contributed by atoms with E-state index in [0.717, 1.165) is 48.8 Å². The Morgan fingerprint density at radius 3 is 2.45 bits per heavy atom. The summed E-state index contributed by atoms with van der Waals surface area (Å²) < 4.78 is 47.2. The first-order valence-electron chi connectivity index (χ1n) is 16.1. The van der Waals surface area contributed by atoms with Gasteiger partial charge in [-0.05, 0) is 114 Å². The van der Waals surface area contributed by atoms with E-state index in [1.807, 2.05) is 12.1 Å². The van der Waals surface area contributed by atoms with Crippen molar-refractivity contribution in [3.63, 3.8) is 0 Å². The summed E-state index contributed by atoms with van der Waals surface area (Å²) in [7, 11) is 3.82. The molecule has 6 rings (SSSR count). The van der Waals surface area contributed by atoms with E-state index in [1.54, 1.807) is 7.11 Å². The molecule has 1 aliphatic carbocycles. The normalized spacial score (nSPS) is 20.8. The van der Waals surface area contributed by atoms with Gasteiger partial charge in [0.15, 0.2) is 0 Å². The lowest BCUT2D eigenvalue weighted by atomic mass is 9.65. The monoisotopic (exact) mass is 610 g/mol. The van der Waals surface area contributed by atoms with Crippen LogP contribution in [-0.4, -0.2) is 71.4 Å². The van der Waals surface area contributed by atoms with Crippen LogP contribution in [0.2, 0.25) is 0 Å². The van der Waals surface area contributed by atoms with Crippen molar-refractivity contribution < 1.29 is 17.9 Å². The van der Waals surface area contributed by atoms with Gasteiger partial charge in [0.1, 0.15) is 11.4 Å². The third kappa shape index (κ3) is 6.91. The summed E-state index contributed by atoms with van der Waals surface area (Å²) in [6.45, 7) is 9.85. The first-order chi connectivity index (χ1) is 21.1. The molecular weight excluding hydrogens is 565 g/mol. The molecule has 3 aromatic rings. The predicted molar refractivity (Wildman–Crippen MR) is 169 cm³/mol. The predicted octanol–water partition coefficient (Wildman–Crippen LogP) is 7.47. The summed E-state index contributed by atoms with van der Waals surface area (Å²) in [6.07, 6.45) is 9.45. The first-order valence-corrected chi connectivity index (χ1v) is 16.1. The van der Waals surface area contributed by atoms with Crippen LogP contribution in [0.15, 0.2) is 43.1 Å². The summed E-state index contributed by atoms with van der Waals surface area (Å²) in [5.41, 5.74) is 1.48. The smallest absolute Gasteiger partial charge is 0.433 e. The Bertz CT molecular complexity index is 1440. The first kappa shape index (κ1) is 30.9. The average molecular weight is 611 g/mol. The molecule has 3 fully saturated rings. The quantitative estimate of drug-likeness (QED) is 0.286. The van der Waals surface area contributed by atoms with Crippen LogP contribution in [0.5, 0.6) is 5.75 Å². The number of anilines is 1. The Hall–Kier alpha value is -3.11. The number of benzene rings is 1. The fourth-order valence-corrected chi connectivity index (χ4v) is 7.46. The number of rotatable bonds is 8. The van der Waals surface area contributed by atoms with Crippen molar-refractivity contribution in [2.75, 3.05) is 52.2 Å². The fraction of sp³-hybridized carbons (Fsp3) is 0.588. The second-order valence-electron chi connectivity index (χ2n) is 13.3. The van der Waals surface area contributed by atoms with Crippen LogP contribution in [0.3, 0.4) is 0 Å². The average Bonchev–Trinajstić information content (AvgIpc) is 3.45. The number of alkyl halides is 3. The highest BCUT2D eigenvalue weighted by molar-refractivity contribution is 5.88. The maximum atomic E-state index is 13.2. The number of methoxy groups -OCH3 is 1. The van der Waals surface area contributed by atoms with Crippen LogP contribution in [0, 0.1) is 11.3 Å². The molecule has 0 amide bonds. The molecule has 2 aromatic heterocycles. The van der Waals surface area contributed by atoms with Gasteiger partial charge in [0.25, 0.3) is 0 Å². The maximum absolute atomic E-state index is 13.2. The number of pyridine rings is 1. The Morgan fingerprint density at radius 1 is 1.05 bits per heavy atom. The van der Waals surface area contributed by atoms with Crippen LogP contribution in [0.1, 0.15) is 75.2 Å². The largest absolute Gasteiger partial charge is 0.494 e. The van der Waals surface area contributed by atoms with Crippen molar-refractivity contribution in [2.24, 2.45) is 11.3 Å². The van der Waals surface area contributed by atoms with Crippen LogP contribution in [0.4, 0.5) is 18.9 Å². The van der Waals surface area contributed by atoms with Crippen molar-refractivity contribution in [1.82, 2.24) is 24.6 Å². The number of likely N-dealkylation sites (tertiary alicyclic amines) is 2. The van der Waals surface area contributed by atoms with E-state index in [4.69, 9.17) is 9.84 Å². The Morgan fingerprint density at radius 2 is 1.77 bits per heavy atom. The van der Waals surface area contributed by atoms with Crippen molar-refractivity contribution in [3.8, 4) is 5.75 Å². The Kier molecular flexibility index (Phi) is 8.93. The maximum Gasteiger partial charge on any atom is 0.433 e. The lowest BCUT2D eigenvalue weighted by Crippen LogP contribution is -2.40. The van der Waals surface area contributed by atoms with E-state index in [9.17, 15) is 13.2 Å². The standard InChI is InChI=1S/C34H45F3N6O/c1-24(28-5-4-6-32(39-28)34(35,36)37)38-30-21-26-23-43(40-29(26)22-31(30)44-3)27-10-17-42(18-11-27)16-9-25-7-12-33(13-8-25)14-19-41(2)20-15-33/h4-6,21-23,25,27,38H,1,7-20H2,2-3H3. The van der Waals surface area contributed by atoms with E-state index in [2.05, 4.69) is 44.6 Å². The number of piperidine rings is 2. The number of ether oxygens (including phenoxy) is 1. The molecule has 7 nitrogen and oxygen atoms in total. The van der Waals surface area contributed by atoms with Gasteiger partial charge in [0.2, 0.25) is 0 Å². The lowest BCUT2D eigenvalue weighted by Gasteiger charge is -2.45. The van der Waals surface area contributed by atoms with E-state index in [-0.39, 0.29) is 11.4 Å². The second kappa shape index (κ2) is 12.7. The second-order valence-corrected chi connectivity index (χ2v) is 13.3. The van der Waals surface area contributed by atoms with Crippen molar-refractivity contribution in [1.29, 1.82) is 0 Å². The van der Waals surface area contributed by atoms with Crippen LogP contribution in [0.25, 0.3) is 16.6 Å². The SMILES string of the molecule is C=C(Nc1cc2cn(C3CCN(CCC4CCC5(CC4)CCN(C)CC5)CC3)nc2cc1OC)c1cccc(C(F)(F)F)n1. The minimum atomic E-state index is -4.52. The molecule has 1 aromatic carbocycles. The molecule has 238 valence electrons. The molecule has 1 N–H and O–H groups in total. The highest BCUT2D eigenvalue weighted by Gasteiger charge is 2.37. The molecule has 2 aliphatic heterocycles. The number of hydrogen-bond donors (Lipinski definition) is 1. The van der Waals surface area contributed by atoms with Gasteiger partial charge in [-0.2, -0.15) is 18.3 Å². The molecule has 0 bridgehead atoms. The van der Waals surface area contributed by atoms with Gasteiger partial charge < -0.3 is 19.9 Å². The number of nitrogens with one attached hydrogen (secondary N) is 1. The van der Waals surface area contributed by atoms with Gasteiger partial charge in [-0.1, -0.05) is 12.6 Å². The van der Waals surface area contributed by atoms with Gasteiger partial charge >= 0.3 is 6.18 Å². The highest BCUT2D eigenvalue weighted by Crippen LogP contribution is 2.47. The van der Waals surface area contributed by atoms with Gasteiger partial charge in [-0.25, -0.2) is 4.98 Å². The zero-order valence-corrected chi connectivity index (χ0v) is 26.0. The minimum Gasteiger partial charge on any atom is -0.494 e. The van der Waals surface area contributed by atoms with E-state index in [1.165, 1.54) is 76.7 Å². The molecule has 10 heteroatoms. The summed E-state index contributed by atoms with van der Waals surface area (Å²) in [5.74, 6) is 1.42. The summed E-state index contributed by atoms with van der Waals surface area (Å²) >= 11 is 0. The third-order valence-corrected chi connectivity index (χ3v) is 10.5.